The number of rotatable bonds is 7. The van der Waals surface area contributed by atoms with E-state index in [1.807, 2.05) is 60.7 Å². The van der Waals surface area contributed by atoms with Crippen LogP contribution in [0.25, 0.3) is 0 Å². The van der Waals surface area contributed by atoms with Gasteiger partial charge in [-0.1, -0.05) is 60.7 Å². The zero-order chi connectivity index (χ0) is 21.8. The van der Waals surface area contributed by atoms with E-state index >= 15 is 0 Å². The molecule has 0 unspecified atom stereocenters. The second kappa shape index (κ2) is 9.43. The fourth-order valence-corrected chi connectivity index (χ4v) is 3.86. The Morgan fingerprint density at radius 2 is 1.68 bits per heavy atom. The van der Waals surface area contributed by atoms with Gasteiger partial charge >= 0.3 is 5.69 Å². The van der Waals surface area contributed by atoms with E-state index in [0.29, 0.717) is 18.6 Å². The summed E-state index contributed by atoms with van der Waals surface area (Å²) in [5, 5.41) is 9.77. The van der Waals surface area contributed by atoms with E-state index in [1.54, 1.807) is 6.92 Å². The molecule has 7 heteroatoms. The first kappa shape index (κ1) is 21.2. The van der Waals surface area contributed by atoms with Gasteiger partial charge in [-0.3, -0.25) is 13.9 Å². The Labute approximate surface area is 180 Å². The van der Waals surface area contributed by atoms with E-state index in [0.717, 1.165) is 11.1 Å². The molecule has 0 amide bonds. The summed E-state index contributed by atoms with van der Waals surface area (Å²) in [4.78, 5) is 25.8. The third kappa shape index (κ3) is 4.69. The summed E-state index contributed by atoms with van der Waals surface area (Å²) < 4.78 is 14.6. The lowest BCUT2D eigenvalue weighted by Crippen LogP contribution is -2.42. The van der Waals surface area contributed by atoms with Crippen molar-refractivity contribution in [2.75, 3.05) is 6.61 Å². The predicted octanol–water partition coefficient (Wildman–Crippen LogP) is 2.23. The van der Waals surface area contributed by atoms with Gasteiger partial charge in [0.25, 0.3) is 5.56 Å². The van der Waals surface area contributed by atoms with Crippen LogP contribution in [0.15, 0.2) is 76.4 Å². The highest BCUT2D eigenvalue weighted by atomic mass is 16.6. The van der Waals surface area contributed by atoms with Crippen molar-refractivity contribution in [3.8, 4) is 0 Å². The van der Waals surface area contributed by atoms with Crippen LogP contribution in [-0.2, 0) is 22.6 Å². The van der Waals surface area contributed by atoms with Crippen LogP contribution in [0.3, 0.4) is 0 Å². The van der Waals surface area contributed by atoms with Crippen molar-refractivity contribution in [3.05, 3.63) is 104 Å². The first-order chi connectivity index (χ1) is 15.1. The van der Waals surface area contributed by atoms with Crippen molar-refractivity contribution in [2.24, 2.45) is 0 Å². The van der Waals surface area contributed by atoms with Gasteiger partial charge in [-0.05, 0) is 18.1 Å². The van der Waals surface area contributed by atoms with E-state index < -0.39 is 18.0 Å². The van der Waals surface area contributed by atoms with Gasteiger partial charge in [-0.25, -0.2) is 4.79 Å². The van der Waals surface area contributed by atoms with Crippen molar-refractivity contribution >= 4 is 0 Å². The molecule has 0 saturated carbocycles. The molecule has 0 spiro atoms. The van der Waals surface area contributed by atoms with E-state index in [2.05, 4.69) is 0 Å². The molecule has 1 aliphatic rings. The van der Waals surface area contributed by atoms with E-state index in [4.69, 9.17) is 9.47 Å². The molecule has 31 heavy (non-hydrogen) atoms. The highest BCUT2D eigenvalue weighted by Crippen LogP contribution is 2.30. The molecule has 1 aromatic heterocycles. The van der Waals surface area contributed by atoms with Crippen LogP contribution in [-0.4, -0.2) is 33.1 Å². The van der Waals surface area contributed by atoms with Gasteiger partial charge in [0, 0.05) is 18.2 Å². The molecule has 0 radical (unpaired) electrons. The summed E-state index contributed by atoms with van der Waals surface area (Å²) >= 11 is 0. The number of nitrogens with zero attached hydrogens (tertiary/aromatic N) is 2. The topological polar surface area (TPSA) is 82.7 Å². The van der Waals surface area contributed by atoms with E-state index in [9.17, 15) is 14.7 Å². The highest BCUT2D eigenvalue weighted by Gasteiger charge is 2.37. The van der Waals surface area contributed by atoms with Crippen LogP contribution in [0.4, 0.5) is 0 Å². The number of hydrogen-bond donors (Lipinski definition) is 1. The van der Waals surface area contributed by atoms with Crippen LogP contribution >= 0.6 is 0 Å². The molecule has 4 rings (SSSR count). The van der Waals surface area contributed by atoms with Crippen molar-refractivity contribution < 1.29 is 14.6 Å². The smallest absolute Gasteiger partial charge is 0.333 e. The lowest BCUT2D eigenvalue weighted by Gasteiger charge is -2.17. The second-order valence-electron chi connectivity index (χ2n) is 7.76. The first-order valence-corrected chi connectivity index (χ1v) is 10.3. The molecule has 1 saturated heterocycles. The SMILES string of the molecule is Cc1cn([C@@H]2C[C@H](OCc3ccccc3)[C@@H](CO)O2)c(=O)n(Cc2ccccc2)c1=O. The molecule has 1 aliphatic heterocycles. The van der Waals surface area contributed by atoms with Crippen molar-refractivity contribution in [3.63, 3.8) is 0 Å². The molecule has 3 aromatic rings. The second-order valence-corrected chi connectivity index (χ2v) is 7.76. The molecular weight excluding hydrogens is 396 g/mol. The van der Waals surface area contributed by atoms with Gasteiger partial charge in [0.2, 0.25) is 0 Å². The molecular formula is C24H26N2O5. The summed E-state index contributed by atoms with van der Waals surface area (Å²) in [5.74, 6) is 0. The molecule has 0 aliphatic carbocycles. The van der Waals surface area contributed by atoms with Crippen molar-refractivity contribution in [1.82, 2.24) is 9.13 Å². The Bertz CT molecular complexity index is 1120. The zero-order valence-corrected chi connectivity index (χ0v) is 17.4. The van der Waals surface area contributed by atoms with Crippen LogP contribution in [0.1, 0.15) is 29.3 Å². The Balaban J connectivity index is 1.57. The minimum Gasteiger partial charge on any atom is -0.394 e. The Morgan fingerprint density at radius 1 is 1.03 bits per heavy atom. The Kier molecular flexibility index (Phi) is 6.46. The fourth-order valence-electron chi connectivity index (χ4n) is 3.86. The monoisotopic (exact) mass is 422 g/mol. The van der Waals surface area contributed by atoms with Gasteiger partial charge in [0.15, 0.2) is 0 Å². The zero-order valence-electron chi connectivity index (χ0n) is 17.4. The van der Waals surface area contributed by atoms with Gasteiger partial charge in [0.05, 0.1) is 25.9 Å². The van der Waals surface area contributed by atoms with Crippen molar-refractivity contribution in [1.29, 1.82) is 0 Å². The Hall–Kier alpha value is -3.00. The number of aliphatic hydroxyl groups excluding tert-OH is 1. The number of hydrogen-bond acceptors (Lipinski definition) is 5. The standard InChI is InChI=1S/C24H26N2O5/c1-17-13-25(24(29)26(23(17)28)14-18-8-4-2-5-9-18)22-12-20(21(15-27)31-22)30-16-19-10-6-3-7-11-19/h2-11,13,20-22,27H,12,14-16H2,1H3/t20-,21+,22-/m0/s1. The largest absolute Gasteiger partial charge is 0.394 e. The van der Waals surface area contributed by atoms with Gasteiger partial charge in [0.1, 0.15) is 12.3 Å². The third-order valence-electron chi connectivity index (χ3n) is 5.53. The highest BCUT2D eigenvalue weighted by molar-refractivity contribution is 5.16. The summed E-state index contributed by atoms with van der Waals surface area (Å²) in [6.07, 6.45) is 0.408. The molecule has 1 N–H and O–H groups in total. The molecule has 3 atom stereocenters. The normalized spacial score (nSPS) is 20.8. The van der Waals surface area contributed by atoms with E-state index in [1.165, 1.54) is 15.3 Å². The molecule has 2 heterocycles. The molecule has 7 nitrogen and oxygen atoms in total. The maximum atomic E-state index is 13.2. The predicted molar refractivity (Wildman–Crippen MR) is 116 cm³/mol. The summed E-state index contributed by atoms with van der Waals surface area (Å²) in [6.45, 7) is 2.04. The number of ether oxygens (including phenoxy) is 2. The van der Waals surface area contributed by atoms with Crippen LogP contribution in [0.5, 0.6) is 0 Å². The summed E-state index contributed by atoms with van der Waals surface area (Å²) in [7, 11) is 0. The summed E-state index contributed by atoms with van der Waals surface area (Å²) in [5.41, 5.74) is 1.58. The number of aryl methyl sites for hydroxylation is 1. The quantitative estimate of drug-likeness (QED) is 0.631. The minimum atomic E-state index is -0.619. The maximum Gasteiger partial charge on any atom is 0.333 e. The molecule has 2 aromatic carbocycles. The molecule has 0 bridgehead atoms. The van der Waals surface area contributed by atoms with Gasteiger partial charge in [-0.2, -0.15) is 0 Å². The van der Waals surface area contributed by atoms with Crippen LogP contribution in [0.2, 0.25) is 0 Å². The van der Waals surface area contributed by atoms with Crippen molar-refractivity contribution in [2.45, 2.75) is 44.9 Å². The average molecular weight is 422 g/mol. The molecule has 1 fully saturated rings. The fraction of sp³-hybridized carbons (Fsp3) is 0.333. The lowest BCUT2D eigenvalue weighted by molar-refractivity contribution is -0.0660. The van der Waals surface area contributed by atoms with E-state index in [-0.39, 0.29) is 24.8 Å². The van der Waals surface area contributed by atoms with Crippen LogP contribution in [0, 0.1) is 6.92 Å². The van der Waals surface area contributed by atoms with Crippen LogP contribution < -0.4 is 11.2 Å². The Morgan fingerprint density at radius 3 is 2.32 bits per heavy atom. The minimum absolute atomic E-state index is 0.185. The van der Waals surface area contributed by atoms with Gasteiger partial charge in [-0.15, -0.1) is 0 Å². The average Bonchev–Trinajstić information content (AvgIpc) is 3.22. The third-order valence-corrected chi connectivity index (χ3v) is 5.53. The summed E-state index contributed by atoms with van der Waals surface area (Å²) in [6, 6.07) is 19.1. The lowest BCUT2D eigenvalue weighted by atomic mass is 10.1. The number of aliphatic hydroxyl groups is 1. The molecule has 162 valence electrons. The number of aromatic nitrogens is 2. The number of benzene rings is 2. The first-order valence-electron chi connectivity index (χ1n) is 10.3. The maximum absolute atomic E-state index is 13.2. The van der Waals surface area contributed by atoms with Gasteiger partial charge < -0.3 is 14.6 Å².